The molecular weight excluding hydrogens is 232 g/mol. The molecule has 1 heterocycles. The van der Waals surface area contributed by atoms with E-state index in [-0.39, 0.29) is 0 Å². The molecule has 1 saturated carbocycles. The van der Waals surface area contributed by atoms with E-state index in [9.17, 15) is 0 Å². The van der Waals surface area contributed by atoms with E-state index in [0.717, 1.165) is 17.8 Å². The van der Waals surface area contributed by atoms with E-state index in [1.165, 1.54) is 37.0 Å². The lowest BCUT2D eigenvalue weighted by Gasteiger charge is -2.13. The van der Waals surface area contributed by atoms with Gasteiger partial charge in [0.1, 0.15) is 11.1 Å². The number of halogens is 1. The molecule has 0 unspecified atom stereocenters. The quantitative estimate of drug-likeness (QED) is 0.606. The van der Waals surface area contributed by atoms with Gasteiger partial charge in [0.25, 0.3) is 5.19 Å². The van der Waals surface area contributed by atoms with Crippen molar-refractivity contribution in [1.82, 2.24) is 10.2 Å². The predicted octanol–water partition coefficient (Wildman–Crippen LogP) is 3.38. The average Bonchev–Trinajstić information content (AvgIpc) is 2.54. The summed E-state index contributed by atoms with van der Waals surface area (Å²) < 4.78 is 5.80. The van der Waals surface area contributed by atoms with Gasteiger partial charge in [-0.1, -0.05) is 24.2 Å². The van der Waals surface area contributed by atoms with Crippen LogP contribution in [-0.4, -0.2) is 16.3 Å². The summed E-state index contributed by atoms with van der Waals surface area (Å²) in [6.07, 6.45) is 7.85. The molecule has 1 aliphatic carbocycles. The lowest BCUT2D eigenvalue weighted by molar-refractivity contribution is 0.181. The summed E-state index contributed by atoms with van der Waals surface area (Å²) in [5.74, 6) is 0.422. The topological polar surface area (TPSA) is 35.0 Å². The molecule has 0 bridgehead atoms. The fourth-order valence-electron chi connectivity index (χ4n) is 1.84. The highest BCUT2D eigenvalue weighted by Gasteiger charge is 2.15. The van der Waals surface area contributed by atoms with E-state index >= 15 is 0 Å². The fraction of sp³-hybridized carbons (Fsp3) is 0.800. The van der Waals surface area contributed by atoms with Crippen molar-refractivity contribution in [2.24, 2.45) is 0 Å². The molecule has 0 atom stereocenters. The van der Waals surface area contributed by atoms with Crippen molar-refractivity contribution in [1.29, 1.82) is 0 Å². The fourth-order valence-corrected chi connectivity index (χ4v) is 2.66. The van der Waals surface area contributed by atoms with Crippen molar-refractivity contribution in [3.8, 4) is 5.19 Å². The molecule has 3 nitrogen and oxygen atoms in total. The maximum absolute atomic E-state index is 5.80. The molecular formula is C10H15ClN2OS. The van der Waals surface area contributed by atoms with Gasteiger partial charge in [0.2, 0.25) is 0 Å². The van der Waals surface area contributed by atoms with Gasteiger partial charge >= 0.3 is 0 Å². The predicted molar refractivity (Wildman–Crippen MR) is 61.6 cm³/mol. The highest BCUT2D eigenvalue weighted by molar-refractivity contribution is 7.13. The van der Waals surface area contributed by atoms with Crippen LogP contribution in [0, 0.1) is 0 Å². The molecule has 5 heteroatoms. The lowest BCUT2D eigenvalue weighted by atomic mass is 10.2. The molecule has 84 valence electrons. The third-order valence-corrected chi connectivity index (χ3v) is 3.86. The summed E-state index contributed by atoms with van der Waals surface area (Å²) in [6, 6.07) is 0. The molecule has 1 fully saturated rings. The second-order valence-electron chi connectivity index (χ2n) is 3.83. The van der Waals surface area contributed by atoms with Crippen LogP contribution >= 0.6 is 22.9 Å². The van der Waals surface area contributed by atoms with Gasteiger partial charge in [0.05, 0.1) is 5.88 Å². The van der Waals surface area contributed by atoms with Crippen LogP contribution in [0.2, 0.25) is 0 Å². The molecule has 1 aromatic rings. The zero-order valence-electron chi connectivity index (χ0n) is 8.62. The summed E-state index contributed by atoms with van der Waals surface area (Å²) in [6.45, 7) is 0. The Labute approximate surface area is 98.8 Å². The Balaban J connectivity index is 1.89. The maximum atomic E-state index is 5.80. The van der Waals surface area contributed by atoms with E-state index in [1.807, 2.05) is 0 Å². The Morgan fingerprint density at radius 3 is 2.53 bits per heavy atom. The second kappa shape index (κ2) is 5.66. The van der Waals surface area contributed by atoms with Crippen LogP contribution in [0.3, 0.4) is 0 Å². The van der Waals surface area contributed by atoms with Crippen LogP contribution in [0.1, 0.15) is 43.5 Å². The molecule has 15 heavy (non-hydrogen) atoms. The van der Waals surface area contributed by atoms with Crippen LogP contribution in [0.4, 0.5) is 0 Å². The first kappa shape index (κ1) is 11.1. The molecule has 0 aliphatic heterocycles. The van der Waals surface area contributed by atoms with E-state index in [1.54, 1.807) is 0 Å². The van der Waals surface area contributed by atoms with Crippen molar-refractivity contribution < 1.29 is 4.74 Å². The van der Waals surface area contributed by atoms with Crippen LogP contribution in [-0.2, 0) is 5.88 Å². The molecule has 0 saturated heterocycles. The first-order valence-corrected chi connectivity index (χ1v) is 6.78. The van der Waals surface area contributed by atoms with Gasteiger partial charge in [0.15, 0.2) is 0 Å². The molecule has 2 rings (SSSR count). The van der Waals surface area contributed by atoms with E-state index in [4.69, 9.17) is 16.3 Å². The first-order valence-electron chi connectivity index (χ1n) is 5.43. The highest BCUT2D eigenvalue weighted by Crippen LogP contribution is 2.25. The van der Waals surface area contributed by atoms with Crippen molar-refractivity contribution in [3.05, 3.63) is 5.01 Å². The highest BCUT2D eigenvalue weighted by atomic mass is 35.5. The molecule has 0 N–H and O–H groups in total. The van der Waals surface area contributed by atoms with Crippen LogP contribution in [0.15, 0.2) is 0 Å². The van der Waals surface area contributed by atoms with Crippen LogP contribution < -0.4 is 4.74 Å². The smallest absolute Gasteiger partial charge is 0.294 e. The van der Waals surface area contributed by atoms with Crippen LogP contribution in [0.5, 0.6) is 5.19 Å². The minimum absolute atomic E-state index is 0.337. The maximum Gasteiger partial charge on any atom is 0.294 e. The Hall–Kier alpha value is -0.350. The molecule has 1 aliphatic rings. The molecule has 0 radical (unpaired) electrons. The van der Waals surface area contributed by atoms with Gasteiger partial charge in [0, 0.05) is 0 Å². The van der Waals surface area contributed by atoms with Gasteiger partial charge in [-0.15, -0.1) is 21.8 Å². The zero-order chi connectivity index (χ0) is 10.5. The summed E-state index contributed by atoms with van der Waals surface area (Å²) in [4.78, 5) is 0. The minimum Gasteiger partial charge on any atom is -0.466 e. The Kier molecular flexibility index (Phi) is 4.20. The number of nitrogens with zero attached hydrogens (tertiary/aromatic N) is 2. The standard InChI is InChI=1S/C10H15ClN2OS/c11-7-9-12-13-10(15-9)14-8-5-3-1-2-4-6-8/h8H,1-7H2. The summed E-state index contributed by atoms with van der Waals surface area (Å²) in [5.41, 5.74) is 0. The van der Waals surface area contributed by atoms with E-state index in [2.05, 4.69) is 10.2 Å². The van der Waals surface area contributed by atoms with E-state index in [0.29, 0.717) is 17.2 Å². The average molecular weight is 247 g/mol. The Morgan fingerprint density at radius 2 is 1.93 bits per heavy atom. The molecule has 0 amide bonds. The number of hydrogen-bond donors (Lipinski definition) is 0. The van der Waals surface area contributed by atoms with Crippen molar-refractivity contribution in [2.75, 3.05) is 0 Å². The Bertz CT molecular complexity index is 297. The summed E-state index contributed by atoms with van der Waals surface area (Å²) in [7, 11) is 0. The lowest BCUT2D eigenvalue weighted by Crippen LogP contribution is -2.14. The second-order valence-corrected chi connectivity index (χ2v) is 5.12. The SMILES string of the molecule is ClCc1nnc(OC2CCCCCC2)s1. The molecule has 0 spiro atoms. The van der Waals surface area contributed by atoms with Crippen LogP contribution in [0.25, 0.3) is 0 Å². The van der Waals surface area contributed by atoms with Crippen molar-refractivity contribution >= 4 is 22.9 Å². The number of hydrogen-bond acceptors (Lipinski definition) is 4. The van der Waals surface area contributed by atoms with E-state index < -0.39 is 0 Å². The van der Waals surface area contributed by atoms with Gasteiger partial charge < -0.3 is 4.74 Å². The van der Waals surface area contributed by atoms with Gasteiger partial charge in [-0.3, -0.25) is 0 Å². The summed E-state index contributed by atoms with van der Waals surface area (Å²) >= 11 is 7.12. The largest absolute Gasteiger partial charge is 0.466 e. The number of alkyl halides is 1. The third kappa shape index (κ3) is 3.31. The normalized spacial score (nSPS) is 18.7. The number of rotatable bonds is 3. The minimum atomic E-state index is 0.337. The Morgan fingerprint density at radius 1 is 1.20 bits per heavy atom. The monoisotopic (exact) mass is 246 g/mol. The van der Waals surface area contributed by atoms with Gasteiger partial charge in [-0.2, -0.15) is 0 Å². The summed E-state index contributed by atoms with van der Waals surface area (Å²) in [5, 5.41) is 9.42. The molecule has 0 aromatic carbocycles. The number of aromatic nitrogens is 2. The van der Waals surface area contributed by atoms with Crippen molar-refractivity contribution in [2.45, 2.75) is 50.5 Å². The van der Waals surface area contributed by atoms with Gasteiger partial charge in [-0.05, 0) is 25.7 Å². The first-order chi connectivity index (χ1) is 7.38. The number of ether oxygens (including phenoxy) is 1. The zero-order valence-corrected chi connectivity index (χ0v) is 10.2. The van der Waals surface area contributed by atoms with Crippen molar-refractivity contribution in [3.63, 3.8) is 0 Å². The third-order valence-electron chi connectivity index (χ3n) is 2.63. The molecule has 1 aromatic heterocycles. The van der Waals surface area contributed by atoms with Gasteiger partial charge in [-0.25, -0.2) is 0 Å².